The quantitative estimate of drug-likeness (QED) is 0.331. The fourth-order valence-corrected chi connectivity index (χ4v) is 4.01. The smallest absolute Gasteiger partial charge is 0.416 e. The summed E-state index contributed by atoms with van der Waals surface area (Å²) in [6, 6.07) is 8.53. The second kappa shape index (κ2) is 8.78. The zero-order chi connectivity index (χ0) is 23.7. The molecule has 1 aromatic carbocycles. The van der Waals surface area contributed by atoms with E-state index in [2.05, 4.69) is 20.5 Å². The number of halogens is 3. The summed E-state index contributed by atoms with van der Waals surface area (Å²) in [6.07, 6.45) is -2.81. The summed E-state index contributed by atoms with van der Waals surface area (Å²) in [4.78, 5) is 16.9. The molecule has 0 atom stereocenters. The third-order valence-electron chi connectivity index (χ3n) is 5.02. The Morgan fingerprint density at radius 3 is 2.79 bits per heavy atom. The van der Waals surface area contributed by atoms with Crippen molar-refractivity contribution < 1.29 is 26.8 Å². The molecule has 0 bridgehead atoms. The van der Waals surface area contributed by atoms with E-state index in [-0.39, 0.29) is 30.9 Å². The first kappa shape index (κ1) is 21.9. The topological polar surface area (TPSA) is 99.0 Å². The van der Waals surface area contributed by atoms with Crippen LogP contribution >= 0.6 is 11.3 Å². The normalized spacial score (nSPS) is 11.9. The Morgan fingerprint density at radius 1 is 1.18 bits per heavy atom. The average molecular weight is 487 g/mol. The number of amides is 1. The van der Waals surface area contributed by atoms with Crippen molar-refractivity contribution in [1.29, 1.82) is 0 Å². The number of nitrogens with one attached hydrogen (secondary N) is 1. The molecule has 4 aromatic heterocycles. The van der Waals surface area contributed by atoms with Gasteiger partial charge in [-0.1, -0.05) is 0 Å². The minimum Gasteiger partial charge on any atom is -0.467 e. The van der Waals surface area contributed by atoms with Crippen LogP contribution < -0.4 is 5.32 Å². The van der Waals surface area contributed by atoms with Gasteiger partial charge in [-0.25, -0.2) is 4.98 Å². The molecule has 0 saturated carbocycles. The van der Waals surface area contributed by atoms with Crippen LogP contribution in [-0.2, 0) is 23.9 Å². The van der Waals surface area contributed by atoms with Crippen molar-refractivity contribution in [1.82, 2.24) is 19.7 Å². The maximum Gasteiger partial charge on any atom is 0.416 e. The lowest BCUT2D eigenvalue weighted by Crippen LogP contribution is -2.16. The van der Waals surface area contributed by atoms with Gasteiger partial charge in [-0.15, -0.1) is 10.2 Å². The number of aromatic nitrogens is 4. The molecule has 0 unspecified atom stereocenters. The predicted molar refractivity (Wildman–Crippen MR) is 117 cm³/mol. The van der Waals surface area contributed by atoms with E-state index in [0.29, 0.717) is 23.1 Å². The number of imidazole rings is 1. The van der Waals surface area contributed by atoms with Gasteiger partial charge in [-0.05, 0) is 41.8 Å². The van der Waals surface area contributed by atoms with Crippen LogP contribution in [0.25, 0.3) is 22.5 Å². The summed E-state index contributed by atoms with van der Waals surface area (Å²) in [6.45, 7) is 0.179. The minimum absolute atomic E-state index is 0.0169. The monoisotopic (exact) mass is 487 g/mol. The van der Waals surface area contributed by atoms with Crippen molar-refractivity contribution in [2.24, 2.45) is 0 Å². The van der Waals surface area contributed by atoms with E-state index in [1.54, 1.807) is 16.7 Å². The molecule has 8 nitrogen and oxygen atoms in total. The van der Waals surface area contributed by atoms with Crippen molar-refractivity contribution >= 4 is 34.2 Å². The SMILES string of the molecule is O=C(CCc1nnc(-c2ccsc2)o1)Nc1nc2cc(C(F)(F)F)ccc2n1Cc1ccco1. The number of hydrogen-bond donors (Lipinski definition) is 1. The summed E-state index contributed by atoms with van der Waals surface area (Å²) in [7, 11) is 0. The third kappa shape index (κ3) is 4.57. The number of furan rings is 1. The molecule has 1 N–H and O–H groups in total. The second-order valence-electron chi connectivity index (χ2n) is 7.36. The van der Waals surface area contributed by atoms with Gasteiger partial charge >= 0.3 is 6.18 Å². The van der Waals surface area contributed by atoms with Crippen LogP contribution in [0.5, 0.6) is 0 Å². The minimum atomic E-state index is -4.51. The molecule has 34 heavy (non-hydrogen) atoms. The highest BCUT2D eigenvalue weighted by Crippen LogP contribution is 2.32. The molecular weight excluding hydrogens is 471 g/mol. The van der Waals surface area contributed by atoms with Crippen LogP contribution in [0.15, 0.2) is 62.3 Å². The van der Waals surface area contributed by atoms with Crippen molar-refractivity contribution in [2.45, 2.75) is 25.6 Å². The number of hydrogen-bond acceptors (Lipinski definition) is 7. The molecule has 174 valence electrons. The number of carbonyl (C=O) groups excluding carboxylic acids is 1. The Hall–Kier alpha value is -3.93. The molecular formula is C22H16F3N5O3S. The van der Waals surface area contributed by atoms with E-state index < -0.39 is 17.6 Å². The van der Waals surface area contributed by atoms with Crippen LogP contribution in [0.4, 0.5) is 19.1 Å². The molecule has 12 heteroatoms. The number of aryl methyl sites for hydroxylation is 1. The first-order valence-corrected chi connectivity index (χ1v) is 11.1. The third-order valence-corrected chi connectivity index (χ3v) is 5.70. The number of nitrogens with zero attached hydrogens (tertiary/aromatic N) is 4. The van der Waals surface area contributed by atoms with Crippen LogP contribution in [0.1, 0.15) is 23.6 Å². The Balaban J connectivity index is 1.35. The van der Waals surface area contributed by atoms with Gasteiger partial charge in [0.15, 0.2) is 0 Å². The summed E-state index contributed by atoms with van der Waals surface area (Å²) in [5.41, 5.74) is 0.516. The van der Waals surface area contributed by atoms with Gasteiger partial charge in [0.2, 0.25) is 23.6 Å². The number of thiophene rings is 1. The number of rotatable bonds is 7. The lowest BCUT2D eigenvalue weighted by molar-refractivity contribution is -0.137. The largest absolute Gasteiger partial charge is 0.467 e. The van der Waals surface area contributed by atoms with Crippen molar-refractivity contribution in [3.63, 3.8) is 0 Å². The molecule has 5 rings (SSSR count). The van der Waals surface area contributed by atoms with E-state index in [0.717, 1.165) is 17.7 Å². The van der Waals surface area contributed by atoms with E-state index in [9.17, 15) is 18.0 Å². The highest BCUT2D eigenvalue weighted by molar-refractivity contribution is 7.08. The molecule has 5 aromatic rings. The van der Waals surface area contributed by atoms with E-state index in [4.69, 9.17) is 8.83 Å². The predicted octanol–water partition coefficient (Wildman–Crippen LogP) is 5.38. The molecule has 0 fully saturated rings. The highest BCUT2D eigenvalue weighted by Gasteiger charge is 2.31. The van der Waals surface area contributed by atoms with Crippen molar-refractivity contribution in [3.05, 3.63) is 70.6 Å². The maximum absolute atomic E-state index is 13.2. The van der Waals surface area contributed by atoms with E-state index in [1.807, 2.05) is 16.8 Å². The molecule has 0 radical (unpaired) electrons. The van der Waals surface area contributed by atoms with Crippen LogP contribution in [0.3, 0.4) is 0 Å². The van der Waals surface area contributed by atoms with Crippen molar-refractivity contribution in [3.8, 4) is 11.5 Å². The number of benzene rings is 1. The van der Waals surface area contributed by atoms with E-state index in [1.165, 1.54) is 23.7 Å². The lowest BCUT2D eigenvalue weighted by atomic mass is 10.2. The number of alkyl halides is 3. The van der Waals surface area contributed by atoms with Crippen molar-refractivity contribution in [2.75, 3.05) is 5.32 Å². The zero-order valence-corrected chi connectivity index (χ0v) is 18.2. The van der Waals surface area contributed by atoms with E-state index >= 15 is 0 Å². The Kier molecular flexibility index (Phi) is 5.65. The van der Waals surface area contributed by atoms with Crippen LogP contribution in [-0.4, -0.2) is 25.7 Å². The molecule has 4 heterocycles. The van der Waals surface area contributed by atoms with Crippen LogP contribution in [0, 0.1) is 0 Å². The van der Waals surface area contributed by atoms with Gasteiger partial charge in [0, 0.05) is 23.8 Å². The summed E-state index contributed by atoms with van der Waals surface area (Å²) >= 11 is 1.50. The molecule has 0 spiro atoms. The maximum atomic E-state index is 13.2. The molecule has 0 saturated heterocycles. The number of fused-ring (bicyclic) bond motifs is 1. The molecule has 0 aliphatic rings. The standard InChI is InChI=1S/C22H16F3N5O3S/c23-22(24,25)14-3-4-17-16(10-14)26-21(30(17)11-15-2-1-8-32-15)27-18(31)5-6-19-28-29-20(33-19)13-7-9-34-12-13/h1-4,7-10,12H,5-6,11H2,(H,26,27,31). The molecule has 0 aliphatic carbocycles. The Labute approximate surface area is 194 Å². The Morgan fingerprint density at radius 2 is 2.06 bits per heavy atom. The molecule has 1 amide bonds. The number of carbonyl (C=O) groups is 1. The summed E-state index contributed by atoms with van der Waals surface area (Å²) in [5.74, 6) is 0.941. The fraction of sp³-hybridized carbons (Fsp3) is 0.182. The van der Waals surface area contributed by atoms with Gasteiger partial charge in [-0.3, -0.25) is 10.1 Å². The average Bonchev–Trinajstić information content (AvgIpc) is 3.59. The zero-order valence-electron chi connectivity index (χ0n) is 17.4. The first-order chi connectivity index (χ1) is 16.4. The van der Waals surface area contributed by atoms with Gasteiger partial charge in [0.25, 0.3) is 0 Å². The van der Waals surface area contributed by atoms with Gasteiger partial charge in [0.1, 0.15) is 5.76 Å². The Bertz CT molecular complexity index is 1420. The lowest BCUT2D eigenvalue weighted by Gasteiger charge is -2.09. The second-order valence-corrected chi connectivity index (χ2v) is 8.14. The first-order valence-electron chi connectivity index (χ1n) is 10.1. The fourth-order valence-electron chi connectivity index (χ4n) is 3.39. The van der Waals surface area contributed by atoms with Gasteiger partial charge in [0.05, 0.1) is 29.4 Å². The van der Waals surface area contributed by atoms with Crippen LogP contribution in [0.2, 0.25) is 0 Å². The highest BCUT2D eigenvalue weighted by atomic mass is 32.1. The van der Waals surface area contributed by atoms with Gasteiger partial charge in [-0.2, -0.15) is 24.5 Å². The molecule has 0 aliphatic heterocycles. The summed E-state index contributed by atoms with van der Waals surface area (Å²) in [5, 5.41) is 14.4. The summed E-state index contributed by atoms with van der Waals surface area (Å²) < 4.78 is 52.0. The van der Waals surface area contributed by atoms with Gasteiger partial charge < -0.3 is 13.4 Å². The number of anilines is 1.